The predicted molar refractivity (Wildman–Crippen MR) is 109 cm³/mol. The fraction of sp³-hybridized carbons (Fsp3) is 0.0952. The number of hydrogen-bond acceptors (Lipinski definition) is 4. The molecule has 0 fully saturated rings. The van der Waals surface area contributed by atoms with Crippen LogP contribution in [0.1, 0.15) is 21.5 Å². The first-order valence-electron chi connectivity index (χ1n) is 8.69. The van der Waals surface area contributed by atoms with Crippen LogP contribution in [0.15, 0.2) is 71.6 Å². The van der Waals surface area contributed by atoms with Crippen molar-refractivity contribution in [3.05, 3.63) is 89.2 Å². The number of nitrogens with one attached hydrogen (secondary N) is 2. The third-order valence-corrected chi connectivity index (χ3v) is 5.61. The Hall–Kier alpha value is -3.23. The first-order chi connectivity index (χ1) is 13.8. The quantitative estimate of drug-likeness (QED) is 0.573. The van der Waals surface area contributed by atoms with Gasteiger partial charge < -0.3 is 10.4 Å². The standard InChI is InChI=1S/C21H19FN2O4S/c1-14-5-10-19(29(27,28)24-17-8-6-16(22)7-9-17)12-20(14)21(26)23-18-4-2-3-15(11-18)13-25/h2-12,24-25H,13H2,1H3,(H,23,26). The lowest BCUT2D eigenvalue weighted by Crippen LogP contribution is -2.17. The fourth-order valence-electron chi connectivity index (χ4n) is 2.69. The van der Waals surface area contributed by atoms with E-state index in [2.05, 4.69) is 10.0 Å². The number of aryl methyl sites for hydroxylation is 1. The van der Waals surface area contributed by atoms with Gasteiger partial charge in [-0.2, -0.15) is 0 Å². The number of rotatable bonds is 6. The molecule has 3 rings (SSSR count). The normalized spacial score (nSPS) is 11.1. The number of hydrogen-bond donors (Lipinski definition) is 3. The molecule has 0 unspecified atom stereocenters. The predicted octanol–water partition coefficient (Wildman–Crippen LogP) is 3.68. The summed E-state index contributed by atoms with van der Waals surface area (Å²) >= 11 is 0. The van der Waals surface area contributed by atoms with E-state index in [4.69, 9.17) is 0 Å². The Morgan fingerprint density at radius 3 is 2.41 bits per heavy atom. The van der Waals surface area contributed by atoms with Crippen molar-refractivity contribution >= 4 is 27.3 Å². The zero-order valence-corrected chi connectivity index (χ0v) is 16.3. The highest BCUT2D eigenvalue weighted by Crippen LogP contribution is 2.21. The van der Waals surface area contributed by atoms with Gasteiger partial charge in [-0.25, -0.2) is 12.8 Å². The molecule has 0 heterocycles. The van der Waals surface area contributed by atoms with E-state index in [1.54, 1.807) is 31.2 Å². The highest BCUT2D eigenvalue weighted by Gasteiger charge is 2.18. The first kappa shape index (κ1) is 20.5. The van der Waals surface area contributed by atoms with Crippen molar-refractivity contribution in [2.75, 3.05) is 10.0 Å². The molecule has 6 nitrogen and oxygen atoms in total. The molecule has 0 aliphatic heterocycles. The van der Waals surface area contributed by atoms with Crippen LogP contribution in [0.2, 0.25) is 0 Å². The summed E-state index contributed by atoms with van der Waals surface area (Å²) in [7, 11) is -3.97. The van der Waals surface area contributed by atoms with E-state index < -0.39 is 21.7 Å². The van der Waals surface area contributed by atoms with Crippen LogP contribution in [0.5, 0.6) is 0 Å². The van der Waals surface area contributed by atoms with Gasteiger partial charge in [-0.3, -0.25) is 9.52 Å². The van der Waals surface area contributed by atoms with Crippen molar-refractivity contribution < 1.29 is 22.7 Å². The lowest BCUT2D eigenvalue weighted by molar-refractivity contribution is 0.102. The van der Waals surface area contributed by atoms with Gasteiger partial charge in [0.15, 0.2) is 0 Å². The Kier molecular flexibility index (Phi) is 5.95. The Bertz CT molecular complexity index is 1150. The van der Waals surface area contributed by atoms with E-state index in [9.17, 15) is 22.7 Å². The van der Waals surface area contributed by atoms with E-state index in [0.717, 1.165) is 12.1 Å². The van der Waals surface area contributed by atoms with Gasteiger partial charge in [0.05, 0.1) is 11.5 Å². The largest absolute Gasteiger partial charge is 0.392 e. The molecule has 0 spiro atoms. The molecule has 3 N–H and O–H groups in total. The molecule has 0 aliphatic rings. The molecule has 150 valence electrons. The summed E-state index contributed by atoms with van der Waals surface area (Å²) < 4.78 is 40.7. The lowest BCUT2D eigenvalue weighted by atomic mass is 10.1. The van der Waals surface area contributed by atoms with Crippen LogP contribution >= 0.6 is 0 Å². The Morgan fingerprint density at radius 2 is 1.72 bits per heavy atom. The van der Waals surface area contributed by atoms with Crippen LogP contribution in [0.25, 0.3) is 0 Å². The van der Waals surface area contributed by atoms with Crippen LogP contribution in [0.4, 0.5) is 15.8 Å². The number of aliphatic hydroxyl groups excluding tert-OH is 1. The van der Waals surface area contributed by atoms with Crippen LogP contribution in [-0.2, 0) is 16.6 Å². The summed E-state index contributed by atoms with van der Waals surface area (Å²) in [6.07, 6.45) is 0. The number of benzene rings is 3. The monoisotopic (exact) mass is 414 g/mol. The first-order valence-corrected chi connectivity index (χ1v) is 10.2. The van der Waals surface area contributed by atoms with E-state index in [1.807, 2.05) is 0 Å². The molecule has 0 aliphatic carbocycles. The van der Waals surface area contributed by atoms with Gasteiger partial charge in [-0.1, -0.05) is 18.2 Å². The van der Waals surface area contributed by atoms with Gasteiger partial charge in [0.2, 0.25) is 0 Å². The molecule has 3 aromatic carbocycles. The Morgan fingerprint density at radius 1 is 1.00 bits per heavy atom. The number of aliphatic hydroxyl groups is 1. The molecule has 8 heteroatoms. The maximum absolute atomic E-state index is 13.0. The molecule has 0 aromatic heterocycles. The zero-order chi connectivity index (χ0) is 21.0. The highest BCUT2D eigenvalue weighted by atomic mass is 32.2. The number of carbonyl (C=O) groups is 1. The van der Waals surface area contributed by atoms with Crippen molar-refractivity contribution in [1.29, 1.82) is 0 Å². The number of anilines is 2. The number of halogens is 1. The summed E-state index contributed by atoms with van der Waals surface area (Å²) in [6, 6.07) is 15.8. The van der Waals surface area contributed by atoms with Crippen molar-refractivity contribution in [3.63, 3.8) is 0 Å². The molecule has 1 amide bonds. The van der Waals surface area contributed by atoms with E-state index >= 15 is 0 Å². The average Bonchev–Trinajstić information content (AvgIpc) is 2.69. The summed E-state index contributed by atoms with van der Waals surface area (Å²) in [5, 5.41) is 11.9. The summed E-state index contributed by atoms with van der Waals surface area (Å²) in [6.45, 7) is 1.54. The van der Waals surface area contributed by atoms with E-state index in [1.165, 1.54) is 30.3 Å². The third-order valence-electron chi connectivity index (χ3n) is 4.23. The molecular weight excluding hydrogens is 395 g/mol. The van der Waals surface area contributed by atoms with Crippen molar-refractivity contribution in [3.8, 4) is 0 Å². The van der Waals surface area contributed by atoms with Crippen LogP contribution < -0.4 is 10.0 Å². The van der Waals surface area contributed by atoms with Crippen LogP contribution in [0, 0.1) is 12.7 Å². The fourth-order valence-corrected chi connectivity index (χ4v) is 3.78. The third kappa shape index (κ3) is 4.98. The minimum Gasteiger partial charge on any atom is -0.392 e. The lowest BCUT2D eigenvalue weighted by Gasteiger charge is -2.12. The minimum atomic E-state index is -3.97. The van der Waals surface area contributed by atoms with Crippen molar-refractivity contribution in [2.24, 2.45) is 0 Å². The van der Waals surface area contributed by atoms with Crippen LogP contribution in [0.3, 0.4) is 0 Å². The second-order valence-electron chi connectivity index (χ2n) is 6.40. The highest BCUT2D eigenvalue weighted by molar-refractivity contribution is 7.92. The molecule has 0 bridgehead atoms. The number of carbonyl (C=O) groups excluding carboxylic acids is 1. The molecule has 0 saturated heterocycles. The molecule has 3 aromatic rings. The Balaban J connectivity index is 1.86. The van der Waals surface area contributed by atoms with Gasteiger partial charge in [-0.15, -0.1) is 0 Å². The topological polar surface area (TPSA) is 95.5 Å². The average molecular weight is 414 g/mol. The number of amides is 1. The molecule has 0 saturated carbocycles. The smallest absolute Gasteiger partial charge is 0.261 e. The van der Waals surface area contributed by atoms with Gasteiger partial charge in [0.1, 0.15) is 5.82 Å². The molecule has 0 radical (unpaired) electrons. The molecule has 0 atom stereocenters. The SMILES string of the molecule is Cc1ccc(S(=O)(=O)Nc2ccc(F)cc2)cc1C(=O)Nc1cccc(CO)c1. The van der Waals surface area contributed by atoms with Gasteiger partial charge in [0.25, 0.3) is 15.9 Å². The summed E-state index contributed by atoms with van der Waals surface area (Å²) in [4.78, 5) is 12.6. The van der Waals surface area contributed by atoms with Crippen LogP contribution in [-0.4, -0.2) is 19.4 Å². The Labute approximate surface area is 168 Å². The zero-order valence-electron chi connectivity index (χ0n) is 15.5. The maximum Gasteiger partial charge on any atom is 0.261 e. The van der Waals surface area contributed by atoms with Crippen molar-refractivity contribution in [2.45, 2.75) is 18.4 Å². The molecule has 29 heavy (non-hydrogen) atoms. The molecular formula is C21H19FN2O4S. The minimum absolute atomic E-state index is 0.0957. The summed E-state index contributed by atoms with van der Waals surface area (Å²) in [5.41, 5.74) is 2.12. The number of sulfonamides is 1. The van der Waals surface area contributed by atoms with E-state index in [-0.39, 0.29) is 22.8 Å². The van der Waals surface area contributed by atoms with Gasteiger partial charge in [-0.05, 0) is 66.6 Å². The maximum atomic E-state index is 13.0. The van der Waals surface area contributed by atoms with Gasteiger partial charge >= 0.3 is 0 Å². The second kappa shape index (κ2) is 8.42. The second-order valence-corrected chi connectivity index (χ2v) is 8.08. The summed E-state index contributed by atoms with van der Waals surface area (Å²) in [5.74, 6) is -0.955. The van der Waals surface area contributed by atoms with Crippen molar-refractivity contribution in [1.82, 2.24) is 0 Å². The van der Waals surface area contributed by atoms with E-state index in [0.29, 0.717) is 16.8 Å². The van der Waals surface area contributed by atoms with Gasteiger partial charge in [0, 0.05) is 16.9 Å².